The Balaban J connectivity index is 2.47. The molecule has 0 aromatic rings. The first-order chi connectivity index (χ1) is 10.6. The second kappa shape index (κ2) is 5.98. The van der Waals surface area contributed by atoms with Gasteiger partial charge in [-0.3, -0.25) is 4.79 Å². The van der Waals surface area contributed by atoms with E-state index in [1.807, 2.05) is 0 Å². The maximum absolute atomic E-state index is 12.4. The molecular formula is C16H24O7. The minimum absolute atomic E-state index is 0.0210. The number of rotatable bonds is 3. The summed E-state index contributed by atoms with van der Waals surface area (Å²) >= 11 is 0. The topological polar surface area (TPSA) is 124 Å². The van der Waals surface area contributed by atoms with Gasteiger partial charge in [0.2, 0.25) is 0 Å². The van der Waals surface area contributed by atoms with Crippen molar-refractivity contribution in [2.45, 2.75) is 44.0 Å². The van der Waals surface area contributed by atoms with Crippen molar-refractivity contribution < 1.29 is 34.8 Å². The van der Waals surface area contributed by atoms with E-state index in [1.165, 1.54) is 0 Å². The highest BCUT2D eigenvalue weighted by atomic mass is 16.5. The quantitative estimate of drug-likeness (QED) is 0.393. The third kappa shape index (κ3) is 2.61. The number of aliphatic hydroxyl groups is 4. The molecule has 0 amide bonds. The molecular weight excluding hydrogens is 304 g/mol. The number of ketones is 1. The number of ether oxygens (including phenoxy) is 1. The predicted molar refractivity (Wildman–Crippen MR) is 79.2 cm³/mol. The number of carbonyl (C=O) groups is 2. The zero-order valence-electron chi connectivity index (χ0n) is 13.4. The summed E-state index contributed by atoms with van der Waals surface area (Å²) in [7, 11) is 1.16. The average molecular weight is 328 g/mol. The summed E-state index contributed by atoms with van der Waals surface area (Å²) in [6, 6.07) is 0. The number of esters is 1. The van der Waals surface area contributed by atoms with Crippen LogP contribution in [0.5, 0.6) is 0 Å². The number of methoxy groups -OCH3 is 1. The molecule has 4 N–H and O–H groups in total. The molecule has 2 aliphatic carbocycles. The van der Waals surface area contributed by atoms with E-state index in [4.69, 9.17) is 0 Å². The molecule has 7 nitrogen and oxygen atoms in total. The molecule has 2 fully saturated rings. The smallest absolute Gasteiger partial charge is 0.333 e. The number of aliphatic hydroxyl groups excluding tert-OH is 3. The monoisotopic (exact) mass is 328 g/mol. The van der Waals surface area contributed by atoms with Crippen LogP contribution in [0.15, 0.2) is 12.2 Å². The van der Waals surface area contributed by atoms with Gasteiger partial charge in [0.15, 0.2) is 0 Å². The summed E-state index contributed by atoms with van der Waals surface area (Å²) in [4.78, 5) is 24.1. The highest BCUT2D eigenvalue weighted by molar-refractivity contribution is 5.89. The van der Waals surface area contributed by atoms with Crippen LogP contribution >= 0.6 is 0 Å². The third-order valence-corrected chi connectivity index (χ3v) is 5.57. The molecule has 2 aliphatic rings. The first-order valence-corrected chi connectivity index (χ1v) is 7.62. The normalized spacial score (nSPS) is 43.7. The van der Waals surface area contributed by atoms with Crippen molar-refractivity contribution in [3.63, 3.8) is 0 Å². The van der Waals surface area contributed by atoms with E-state index >= 15 is 0 Å². The maximum Gasteiger partial charge on any atom is 0.333 e. The van der Waals surface area contributed by atoms with Gasteiger partial charge in [0, 0.05) is 29.2 Å². The van der Waals surface area contributed by atoms with Crippen molar-refractivity contribution in [3.05, 3.63) is 12.2 Å². The molecule has 0 aromatic carbocycles. The van der Waals surface area contributed by atoms with Gasteiger partial charge in [-0.2, -0.15) is 0 Å². The van der Waals surface area contributed by atoms with Gasteiger partial charge in [-0.1, -0.05) is 13.5 Å². The lowest BCUT2D eigenvalue weighted by Gasteiger charge is -2.56. The molecule has 6 atom stereocenters. The largest absolute Gasteiger partial charge is 0.466 e. The zero-order valence-corrected chi connectivity index (χ0v) is 13.4. The summed E-state index contributed by atoms with van der Waals surface area (Å²) in [6.45, 7) is 4.53. The van der Waals surface area contributed by atoms with Crippen LogP contribution in [-0.4, -0.2) is 63.7 Å². The van der Waals surface area contributed by atoms with E-state index in [1.54, 1.807) is 6.92 Å². The average Bonchev–Trinajstić information content (AvgIpc) is 2.49. The fraction of sp³-hybridized carbons (Fsp3) is 0.750. The minimum atomic E-state index is -1.66. The number of Topliss-reactive ketones (excluding diaryl/α,β-unsaturated/α-hetero) is 1. The fourth-order valence-electron chi connectivity index (χ4n) is 4.35. The van der Waals surface area contributed by atoms with Crippen molar-refractivity contribution >= 4 is 11.8 Å². The molecule has 7 heteroatoms. The predicted octanol–water partition coefficient (Wildman–Crippen LogP) is -0.834. The zero-order chi connectivity index (χ0) is 17.6. The van der Waals surface area contributed by atoms with E-state index in [9.17, 15) is 30.0 Å². The van der Waals surface area contributed by atoms with Gasteiger partial charge in [-0.05, 0) is 12.8 Å². The SMILES string of the molecule is C=C(C(=O)OC)[C@@H]1[C@H](O)[C@@H]2[C@](O)(CO)CCC(=O)[C@]2(C)C[C@@H]1O. The molecule has 0 aliphatic heterocycles. The number of carbonyl (C=O) groups excluding carboxylic acids is 2. The van der Waals surface area contributed by atoms with Crippen molar-refractivity contribution in [1.82, 2.24) is 0 Å². The summed E-state index contributed by atoms with van der Waals surface area (Å²) in [6.07, 6.45) is -2.53. The fourth-order valence-corrected chi connectivity index (χ4v) is 4.35. The van der Waals surface area contributed by atoms with Gasteiger partial charge in [0.05, 0.1) is 31.5 Å². The molecule has 2 rings (SSSR count). The number of fused-ring (bicyclic) bond motifs is 1. The Morgan fingerprint density at radius 3 is 2.57 bits per heavy atom. The lowest BCUT2D eigenvalue weighted by atomic mass is 9.50. The molecule has 23 heavy (non-hydrogen) atoms. The Labute approximate surface area is 134 Å². The van der Waals surface area contributed by atoms with Gasteiger partial charge in [0.1, 0.15) is 5.78 Å². The molecule has 0 aromatic heterocycles. The molecule has 0 spiro atoms. The van der Waals surface area contributed by atoms with Crippen LogP contribution < -0.4 is 0 Å². The summed E-state index contributed by atoms with van der Waals surface area (Å²) in [5, 5.41) is 41.5. The van der Waals surface area contributed by atoms with Crippen LogP contribution in [0.25, 0.3) is 0 Å². The highest BCUT2D eigenvalue weighted by Gasteiger charge is 2.63. The van der Waals surface area contributed by atoms with E-state index in [0.29, 0.717) is 0 Å². The van der Waals surface area contributed by atoms with Crippen LogP contribution in [0, 0.1) is 17.3 Å². The molecule has 0 unspecified atom stereocenters. The van der Waals surface area contributed by atoms with Crippen molar-refractivity contribution in [3.8, 4) is 0 Å². The second-order valence-electron chi connectivity index (χ2n) is 6.88. The lowest BCUT2D eigenvalue weighted by Crippen LogP contribution is -2.66. The molecule has 0 bridgehead atoms. The van der Waals surface area contributed by atoms with Crippen LogP contribution in [0.3, 0.4) is 0 Å². The molecule has 0 radical (unpaired) electrons. The Morgan fingerprint density at radius 1 is 1.43 bits per heavy atom. The molecule has 130 valence electrons. The van der Waals surface area contributed by atoms with E-state index in [0.717, 1.165) is 7.11 Å². The number of hydrogen-bond donors (Lipinski definition) is 4. The molecule has 0 saturated heterocycles. The first kappa shape index (κ1) is 18.1. The van der Waals surface area contributed by atoms with Gasteiger partial charge in [-0.15, -0.1) is 0 Å². The molecule has 2 saturated carbocycles. The maximum atomic E-state index is 12.4. The van der Waals surface area contributed by atoms with Crippen molar-refractivity contribution in [2.24, 2.45) is 17.3 Å². The Morgan fingerprint density at radius 2 is 2.04 bits per heavy atom. The van der Waals surface area contributed by atoms with Crippen LogP contribution in [0.1, 0.15) is 26.2 Å². The lowest BCUT2D eigenvalue weighted by molar-refractivity contribution is -0.213. The standard InChI is InChI=1S/C16H24O7/c1-8(14(21)23-3)11-9(18)6-15(2)10(19)4-5-16(22,7-17)13(15)12(11)20/h9,11-13,17-18,20,22H,1,4-7H2,2-3H3/t9-,11-,12-,13-,15-,16+/m0/s1. The van der Waals surface area contributed by atoms with E-state index in [2.05, 4.69) is 11.3 Å². The Hall–Kier alpha value is -1.28. The number of hydrogen-bond acceptors (Lipinski definition) is 7. The molecule has 0 heterocycles. The second-order valence-corrected chi connectivity index (χ2v) is 6.88. The Kier molecular flexibility index (Phi) is 4.69. The van der Waals surface area contributed by atoms with Gasteiger partial charge in [0.25, 0.3) is 0 Å². The van der Waals surface area contributed by atoms with Gasteiger partial charge < -0.3 is 25.2 Å². The van der Waals surface area contributed by atoms with Crippen LogP contribution in [0.2, 0.25) is 0 Å². The minimum Gasteiger partial charge on any atom is -0.466 e. The van der Waals surface area contributed by atoms with Gasteiger partial charge >= 0.3 is 5.97 Å². The third-order valence-electron chi connectivity index (χ3n) is 5.57. The summed E-state index contributed by atoms with van der Waals surface area (Å²) in [5.74, 6) is -3.02. The van der Waals surface area contributed by atoms with Crippen LogP contribution in [-0.2, 0) is 14.3 Å². The van der Waals surface area contributed by atoms with E-state index in [-0.39, 0.29) is 30.6 Å². The van der Waals surface area contributed by atoms with Gasteiger partial charge in [-0.25, -0.2) is 4.79 Å². The first-order valence-electron chi connectivity index (χ1n) is 7.62. The van der Waals surface area contributed by atoms with Crippen molar-refractivity contribution in [2.75, 3.05) is 13.7 Å². The Bertz CT molecular complexity index is 531. The van der Waals surface area contributed by atoms with E-state index < -0.39 is 47.6 Å². The van der Waals surface area contributed by atoms with Crippen LogP contribution in [0.4, 0.5) is 0 Å². The summed E-state index contributed by atoms with van der Waals surface area (Å²) in [5.41, 5.74) is -2.95. The van der Waals surface area contributed by atoms with Crippen molar-refractivity contribution in [1.29, 1.82) is 0 Å². The highest BCUT2D eigenvalue weighted by Crippen LogP contribution is 2.54. The summed E-state index contributed by atoms with van der Waals surface area (Å²) < 4.78 is 4.58.